The van der Waals surface area contributed by atoms with E-state index in [9.17, 15) is 9.18 Å². The van der Waals surface area contributed by atoms with Crippen LogP contribution in [0.15, 0.2) is 69.3 Å². The zero-order valence-electron chi connectivity index (χ0n) is 13.7. The Kier molecular flexibility index (Phi) is 5.19. The molecule has 1 aromatic carbocycles. The van der Waals surface area contributed by atoms with Crippen molar-refractivity contribution in [1.82, 2.24) is 5.01 Å². The Hall–Kier alpha value is -1.96. The molecule has 3 heterocycles. The van der Waals surface area contributed by atoms with Gasteiger partial charge in [0, 0.05) is 16.2 Å². The summed E-state index contributed by atoms with van der Waals surface area (Å²) in [5.74, 6) is -0.253. The van der Waals surface area contributed by atoms with Crippen LogP contribution in [0.4, 0.5) is 4.39 Å². The van der Waals surface area contributed by atoms with E-state index in [0.29, 0.717) is 11.3 Å². The lowest BCUT2D eigenvalue weighted by Crippen LogP contribution is -2.28. The fourth-order valence-corrected chi connectivity index (χ4v) is 5.13. The second-order valence-electron chi connectivity index (χ2n) is 5.72. The third kappa shape index (κ3) is 3.60. The lowest BCUT2D eigenvalue weighted by Gasteiger charge is -2.20. The highest BCUT2D eigenvalue weighted by Gasteiger charge is 2.33. The van der Waals surface area contributed by atoms with Crippen molar-refractivity contribution in [2.24, 2.45) is 5.10 Å². The van der Waals surface area contributed by atoms with Gasteiger partial charge in [-0.25, -0.2) is 9.40 Å². The second kappa shape index (κ2) is 7.73. The van der Waals surface area contributed by atoms with Gasteiger partial charge in [-0.15, -0.1) is 34.4 Å². The van der Waals surface area contributed by atoms with Gasteiger partial charge in [-0.2, -0.15) is 5.10 Å². The number of halogens is 1. The fourth-order valence-electron chi connectivity index (χ4n) is 2.80. The van der Waals surface area contributed by atoms with E-state index in [-0.39, 0.29) is 23.5 Å². The normalized spacial score (nSPS) is 16.7. The van der Waals surface area contributed by atoms with Crippen molar-refractivity contribution in [1.29, 1.82) is 0 Å². The van der Waals surface area contributed by atoms with E-state index in [4.69, 9.17) is 0 Å². The monoisotopic (exact) mass is 402 g/mol. The van der Waals surface area contributed by atoms with Crippen LogP contribution < -0.4 is 0 Å². The Labute approximate surface area is 163 Å². The van der Waals surface area contributed by atoms with Crippen LogP contribution in [0.5, 0.6) is 0 Å². The molecule has 3 aromatic rings. The zero-order chi connectivity index (χ0) is 17.9. The van der Waals surface area contributed by atoms with Crippen LogP contribution in [0.25, 0.3) is 0 Å². The molecule has 0 aliphatic carbocycles. The largest absolute Gasteiger partial charge is 0.272 e. The Balaban J connectivity index is 1.54. The van der Waals surface area contributed by atoms with Crippen LogP contribution in [0, 0.1) is 5.82 Å². The first-order valence-corrected chi connectivity index (χ1v) is 10.8. The van der Waals surface area contributed by atoms with Crippen molar-refractivity contribution in [2.75, 3.05) is 5.75 Å². The van der Waals surface area contributed by atoms with Crippen LogP contribution in [0.1, 0.15) is 22.2 Å². The molecular formula is C19H15FN2OS3. The summed E-state index contributed by atoms with van der Waals surface area (Å²) in [6.45, 7) is 0. The number of hydrogen-bond donors (Lipinski definition) is 0. The van der Waals surface area contributed by atoms with Crippen molar-refractivity contribution >= 4 is 46.1 Å². The Morgan fingerprint density at radius 1 is 1.15 bits per heavy atom. The fraction of sp³-hybridized carbons (Fsp3) is 0.158. The van der Waals surface area contributed by atoms with Crippen molar-refractivity contribution in [3.8, 4) is 0 Å². The van der Waals surface area contributed by atoms with Gasteiger partial charge in [0.1, 0.15) is 5.82 Å². The highest BCUT2D eigenvalue weighted by Crippen LogP contribution is 2.36. The molecule has 0 N–H and O–H groups in total. The average molecular weight is 403 g/mol. The first-order chi connectivity index (χ1) is 12.7. The van der Waals surface area contributed by atoms with Gasteiger partial charge < -0.3 is 0 Å². The second-order valence-corrected chi connectivity index (χ2v) is 8.66. The van der Waals surface area contributed by atoms with Gasteiger partial charge in [0.15, 0.2) is 0 Å². The SMILES string of the molecule is O=C(CSc1ccccc1F)N1N=C(c2cccs2)C[C@@H]1c1cccs1. The summed E-state index contributed by atoms with van der Waals surface area (Å²) < 4.78 is 13.8. The van der Waals surface area contributed by atoms with Crippen LogP contribution in [-0.2, 0) is 4.79 Å². The van der Waals surface area contributed by atoms with Crippen molar-refractivity contribution < 1.29 is 9.18 Å². The molecule has 1 aliphatic heterocycles. The first-order valence-electron chi connectivity index (χ1n) is 8.06. The summed E-state index contributed by atoms with van der Waals surface area (Å²) in [5, 5.41) is 10.2. The molecule has 1 aliphatic rings. The molecule has 0 unspecified atom stereocenters. The standard InChI is InChI=1S/C19H15FN2OS3/c20-13-5-1-2-6-16(13)26-12-19(23)22-15(18-8-4-10-25-18)11-14(21-22)17-7-3-9-24-17/h1-10,15H,11-12H2/t15-/m1/s1. The van der Waals surface area contributed by atoms with Crippen molar-refractivity contribution in [2.45, 2.75) is 17.4 Å². The molecule has 26 heavy (non-hydrogen) atoms. The molecule has 3 nitrogen and oxygen atoms in total. The summed E-state index contributed by atoms with van der Waals surface area (Å²) >= 11 is 4.46. The van der Waals surface area contributed by atoms with Crippen molar-refractivity contribution in [3.63, 3.8) is 0 Å². The highest BCUT2D eigenvalue weighted by atomic mass is 32.2. The lowest BCUT2D eigenvalue weighted by molar-refractivity contribution is -0.130. The smallest absolute Gasteiger partial charge is 0.253 e. The Bertz CT molecular complexity index is 922. The van der Waals surface area contributed by atoms with Crippen LogP contribution >= 0.6 is 34.4 Å². The molecule has 0 spiro atoms. The van der Waals surface area contributed by atoms with Crippen LogP contribution in [0.2, 0.25) is 0 Å². The highest BCUT2D eigenvalue weighted by molar-refractivity contribution is 8.00. The predicted molar refractivity (Wildman–Crippen MR) is 107 cm³/mol. The third-order valence-corrected chi connectivity index (χ3v) is 6.96. The molecule has 7 heteroatoms. The molecule has 0 bridgehead atoms. The molecule has 1 amide bonds. The minimum absolute atomic E-state index is 0.0826. The summed E-state index contributed by atoms with van der Waals surface area (Å²) in [7, 11) is 0. The molecular weight excluding hydrogens is 387 g/mol. The minimum Gasteiger partial charge on any atom is -0.272 e. The van der Waals surface area contributed by atoms with Crippen molar-refractivity contribution in [3.05, 3.63) is 74.9 Å². The first kappa shape index (κ1) is 17.5. The topological polar surface area (TPSA) is 32.7 Å². The summed E-state index contributed by atoms with van der Waals surface area (Å²) in [6, 6.07) is 14.5. The molecule has 2 aromatic heterocycles. The third-order valence-electron chi connectivity index (χ3n) is 4.03. The number of nitrogens with zero attached hydrogens (tertiary/aromatic N) is 2. The molecule has 1 atom stereocenters. The number of hydrazone groups is 1. The number of thioether (sulfide) groups is 1. The van der Waals surface area contributed by atoms with Crippen LogP contribution in [-0.4, -0.2) is 22.4 Å². The maximum Gasteiger partial charge on any atom is 0.253 e. The average Bonchev–Trinajstić information content (AvgIpc) is 3.41. The zero-order valence-corrected chi connectivity index (χ0v) is 16.1. The summed E-state index contributed by atoms with van der Waals surface area (Å²) in [4.78, 5) is 15.5. The van der Waals surface area contributed by atoms with Gasteiger partial charge in [-0.05, 0) is 35.0 Å². The van der Waals surface area contributed by atoms with Gasteiger partial charge in [-0.3, -0.25) is 4.79 Å². The Morgan fingerprint density at radius 3 is 2.69 bits per heavy atom. The van der Waals surface area contributed by atoms with Gasteiger partial charge in [-0.1, -0.05) is 24.3 Å². The summed E-state index contributed by atoms with van der Waals surface area (Å²) in [6.07, 6.45) is 0.705. The molecule has 0 radical (unpaired) electrons. The van der Waals surface area contributed by atoms with E-state index < -0.39 is 0 Å². The van der Waals surface area contributed by atoms with Gasteiger partial charge in [0.25, 0.3) is 5.91 Å². The molecule has 132 valence electrons. The van der Waals surface area contributed by atoms with E-state index in [0.717, 1.165) is 15.5 Å². The minimum atomic E-state index is -0.302. The number of hydrogen-bond acceptors (Lipinski definition) is 5. The summed E-state index contributed by atoms with van der Waals surface area (Å²) in [5.41, 5.74) is 0.933. The lowest BCUT2D eigenvalue weighted by atomic mass is 10.1. The number of thiophene rings is 2. The number of amides is 1. The van der Waals surface area contributed by atoms with Gasteiger partial charge in [0.2, 0.25) is 0 Å². The van der Waals surface area contributed by atoms with Gasteiger partial charge >= 0.3 is 0 Å². The molecule has 0 fully saturated rings. The maximum atomic E-state index is 13.8. The van der Waals surface area contributed by atoms with E-state index in [1.165, 1.54) is 17.8 Å². The Morgan fingerprint density at radius 2 is 1.96 bits per heavy atom. The van der Waals surface area contributed by atoms with E-state index in [1.54, 1.807) is 45.9 Å². The number of carbonyl (C=O) groups excluding carboxylic acids is 1. The van der Waals surface area contributed by atoms with E-state index in [1.807, 2.05) is 35.0 Å². The van der Waals surface area contributed by atoms with Gasteiger partial charge in [0.05, 0.1) is 22.4 Å². The molecule has 0 saturated carbocycles. The molecule has 0 saturated heterocycles. The number of benzene rings is 1. The van der Waals surface area contributed by atoms with E-state index >= 15 is 0 Å². The van der Waals surface area contributed by atoms with E-state index in [2.05, 4.69) is 5.10 Å². The molecule has 4 rings (SSSR count). The number of carbonyl (C=O) groups is 1. The number of rotatable bonds is 5. The quantitative estimate of drug-likeness (QED) is 0.534. The van der Waals surface area contributed by atoms with Crippen LogP contribution in [0.3, 0.4) is 0 Å². The predicted octanol–water partition coefficient (Wildman–Crippen LogP) is 5.42. The maximum absolute atomic E-state index is 13.8.